The molecule has 0 heterocycles. The summed E-state index contributed by atoms with van der Waals surface area (Å²) < 4.78 is 5.81. The first-order valence-corrected chi connectivity index (χ1v) is 5.62. The molecular weight excluding hydrogens is 198 g/mol. The largest absolute Gasteiger partial charge is 0.378 e. The van der Waals surface area contributed by atoms with Crippen LogP contribution in [0.1, 0.15) is 39.0 Å². The van der Waals surface area contributed by atoms with Gasteiger partial charge < -0.3 is 10.1 Å². The van der Waals surface area contributed by atoms with Gasteiger partial charge in [-0.15, -0.1) is 12.4 Å². The van der Waals surface area contributed by atoms with Gasteiger partial charge in [0.2, 0.25) is 0 Å². The molecule has 0 aromatic heterocycles. The van der Waals surface area contributed by atoms with Gasteiger partial charge in [-0.3, -0.25) is 0 Å². The van der Waals surface area contributed by atoms with Crippen molar-refractivity contribution in [3.8, 4) is 0 Å². The minimum absolute atomic E-state index is 0. The number of hydrogen-bond donors (Lipinski definition) is 1. The van der Waals surface area contributed by atoms with Crippen LogP contribution in [0.5, 0.6) is 0 Å². The van der Waals surface area contributed by atoms with E-state index >= 15 is 0 Å². The second kappa shape index (κ2) is 4.82. The molecule has 0 saturated heterocycles. The zero-order chi connectivity index (χ0) is 9.31. The Hall–Kier alpha value is 0.210. The van der Waals surface area contributed by atoms with Crippen LogP contribution in [0.3, 0.4) is 0 Å². The van der Waals surface area contributed by atoms with Gasteiger partial charge >= 0.3 is 0 Å². The van der Waals surface area contributed by atoms with Crippen molar-refractivity contribution >= 4 is 12.4 Å². The smallest absolute Gasteiger partial charge is 0.0661 e. The fraction of sp³-hybridized carbons (Fsp3) is 1.00. The Balaban J connectivity index is 0.000000980. The van der Waals surface area contributed by atoms with E-state index in [-0.39, 0.29) is 12.4 Å². The fourth-order valence-corrected chi connectivity index (χ4v) is 3.29. The molecule has 1 N–H and O–H groups in total. The predicted octanol–water partition coefficient (Wildman–Crippen LogP) is 2.37. The van der Waals surface area contributed by atoms with Gasteiger partial charge in [0.1, 0.15) is 0 Å². The van der Waals surface area contributed by atoms with E-state index in [9.17, 15) is 0 Å². The number of rotatable bonds is 3. The van der Waals surface area contributed by atoms with Crippen LogP contribution in [0, 0.1) is 5.41 Å². The molecule has 2 nitrogen and oxygen atoms in total. The minimum atomic E-state index is 0. The van der Waals surface area contributed by atoms with Gasteiger partial charge in [-0.05, 0) is 33.2 Å². The van der Waals surface area contributed by atoms with Gasteiger partial charge in [0.05, 0.1) is 6.10 Å². The molecule has 0 aromatic rings. The number of nitrogens with one attached hydrogen (secondary N) is 1. The van der Waals surface area contributed by atoms with Crippen molar-refractivity contribution in [2.24, 2.45) is 5.41 Å². The van der Waals surface area contributed by atoms with Crippen molar-refractivity contribution in [1.29, 1.82) is 0 Å². The Morgan fingerprint density at radius 1 is 1.36 bits per heavy atom. The Morgan fingerprint density at radius 2 is 2.00 bits per heavy atom. The van der Waals surface area contributed by atoms with Crippen molar-refractivity contribution in [3.63, 3.8) is 0 Å². The molecule has 1 spiro atoms. The summed E-state index contributed by atoms with van der Waals surface area (Å²) in [5.74, 6) is 0. The molecule has 2 aliphatic rings. The van der Waals surface area contributed by atoms with Gasteiger partial charge in [-0.2, -0.15) is 0 Å². The van der Waals surface area contributed by atoms with E-state index in [2.05, 4.69) is 19.3 Å². The molecule has 2 rings (SSSR count). The maximum absolute atomic E-state index is 5.81. The van der Waals surface area contributed by atoms with Crippen LogP contribution >= 0.6 is 12.4 Å². The first-order valence-electron chi connectivity index (χ1n) is 5.62. The molecule has 2 atom stereocenters. The van der Waals surface area contributed by atoms with Crippen LogP contribution in [0.25, 0.3) is 0 Å². The topological polar surface area (TPSA) is 21.3 Å². The molecule has 0 radical (unpaired) electrons. The van der Waals surface area contributed by atoms with Crippen molar-refractivity contribution in [2.45, 2.75) is 51.2 Å². The van der Waals surface area contributed by atoms with E-state index < -0.39 is 0 Å². The molecule has 0 bridgehead atoms. The van der Waals surface area contributed by atoms with Gasteiger partial charge in [0, 0.05) is 18.1 Å². The summed E-state index contributed by atoms with van der Waals surface area (Å²) >= 11 is 0. The van der Waals surface area contributed by atoms with Crippen LogP contribution in [0.4, 0.5) is 0 Å². The SMILES string of the molecule is CCO[C@H]1C[C@@H](NC)C12CCCC2.Cl. The van der Waals surface area contributed by atoms with E-state index in [0.29, 0.717) is 11.5 Å². The van der Waals surface area contributed by atoms with Crippen LogP contribution in [-0.4, -0.2) is 25.8 Å². The molecule has 0 aliphatic heterocycles. The number of ether oxygens (including phenoxy) is 1. The first-order chi connectivity index (χ1) is 6.33. The van der Waals surface area contributed by atoms with Crippen molar-refractivity contribution in [2.75, 3.05) is 13.7 Å². The normalized spacial score (nSPS) is 33.9. The molecule has 84 valence electrons. The minimum Gasteiger partial charge on any atom is -0.378 e. The monoisotopic (exact) mass is 219 g/mol. The molecule has 2 aliphatic carbocycles. The third kappa shape index (κ3) is 1.68. The lowest BCUT2D eigenvalue weighted by atomic mass is 9.60. The molecular formula is C11H22ClNO. The lowest BCUT2D eigenvalue weighted by Crippen LogP contribution is -2.61. The Bertz CT molecular complexity index is 180. The van der Waals surface area contributed by atoms with Crippen LogP contribution < -0.4 is 5.32 Å². The van der Waals surface area contributed by atoms with Gasteiger partial charge in [-0.1, -0.05) is 12.8 Å². The summed E-state index contributed by atoms with van der Waals surface area (Å²) in [5.41, 5.74) is 0.519. The molecule has 14 heavy (non-hydrogen) atoms. The van der Waals surface area contributed by atoms with E-state index in [4.69, 9.17) is 4.74 Å². The Labute approximate surface area is 93.2 Å². The molecule has 2 saturated carbocycles. The quantitative estimate of drug-likeness (QED) is 0.787. The van der Waals surface area contributed by atoms with Crippen molar-refractivity contribution in [3.05, 3.63) is 0 Å². The molecule has 0 unspecified atom stereocenters. The van der Waals surface area contributed by atoms with Crippen molar-refractivity contribution < 1.29 is 4.74 Å². The van der Waals surface area contributed by atoms with E-state index in [1.165, 1.54) is 32.1 Å². The van der Waals surface area contributed by atoms with Gasteiger partial charge in [0.15, 0.2) is 0 Å². The van der Waals surface area contributed by atoms with E-state index in [0.717, 1.165) is 12.6 Å². The maximum Gasteiger partial charge on any atom is 0.0661 e. The van der Waals surface area contributed by atoms with Crippen LogP contribution in [0.2, 0.25) is 0 Å². The van der Waals surface area contributed by atoms with Gasteiger partial charge in [-0.25, -0.2) is 0 Å². The Morgan fingerprint density at radius 3 is 2.50 bits per heavy atom. The summed E-state index contributed by atoms with van der Waals surface area (Å²) in [5, 5.41) is 3.44. The third-order valence-electron chi connectivity index (χ3n) is 4.04. The molecule has 2 fully saturated rings. The summed E-state index contributed by atoms with van der Waals surface area (Å²) in [6.07, 6.45) is 7.35. The van der Waals surface area contributed by atoms with Crippen LogP contribution in [0.15, 0.2) is 0 Å². The second-order valence-corrected chi connectivity index (χ2v) is 4.46. The zero-order valence-corrected chi connectivity index (χ0v) is 10.0. The second-order valence-electron chi connectivity index (χ2n) is 4.46. The first kappa shape index (κ1) is 12.3. The highest BCUT2D eigenvalue weighted by Crippen LogP contribution is 2.54. The average molecular weight is 220 g/mol. The average Bonchev–Trinajstić information content (AvgIpc) is 2.62. The fourth-order valence-electron chi connectivity index (χ4n) is 3.29. The van der Waals surface area contributed by atoms with Crippen LogP contribution in [-0.2, 0) is 4.74 Å². The van der Waals surface area contributed by atoms with E-state index in [1.54, 1.807) is 0 Å². The summed E-state index contributed by atoms with van der Waals surface area (Å²) in [6, 6.07) is 0.728. The maximum atomic E-state index is 5.81. The molecule has 0 amide bonds. The Kier molecular flexibility index (Phi) is 4.23. The summed E-state index contributed by atoms with van der Waals surface area (Å²) in [4.78, 5) is 0. The molecule has 0 aromatic carbocycles. The summed E-state index contributed by atoms with van der Waals surface area (Å²) in [7, 11) is 2.09. The lowest BCUT2D eigenvalue weighted by Gasteiger charge is -2.54. The predicted molar refractivity (Wildman–Crippen MR) is 61.0 cm³/mol. The lowest BCUT2D eigenvalue weighted by molar-refractivity contribution is -0.128. The highest BCUT2D eigenvalue weighted by atomic mass is 35.5. The molecule has 3 heteroatoms. The van der Waals surface area contributed by atoms with E-state index in [1.807, 2.05) is 0 Å². The summed E-state index contributed by atoms with van der Waals surface area (Å²) in [6.45, 7) is 2.98. The van der Waals surface area contributed by atoms with Gasteiger partial charge in [0.25, 0.3) is 0 Å². The standard InChI is InChI=1S/C11H21NO.ClH/c1-3-13-10-8-9(12-2)11(10)6-4-5-7-11;/h9-10,12H,3-8H2,1-2H3;1H/t9-,10+;/m1./s1. The number of halogens is 1. The zero-order valence-electron chi connectivity index (χ0n) is 9.21. The highest BCUT2D eigenvalue weighted by Gasteiger charge is 2.55. The highest BCUT2D eigenvalue weighted by molar-refractivity contribution is 5.85. The number of hydrogen-bond acceptors (Lipinski definition) is 2. The van der Waals surface area contributed by atoms with Crippen molar-refractivity contribution in [1.82, 2.24) is 5.32 Å². The third-order valence-corrected chi connectivity index (χ3v) is 4.04.